The van der Waals surface area contributed by atoms with Crippen LogP contribution in [0.1, 0.15) is 39.5 Å². The van der Waals surface area contributed by atoms with Crippen molar-refractivity contribution < 1.29 is 14.0 Å². The van der Waals surface area contributed by atoms with Crippen LogP contribution < -0.4 is 0 Å². The van der Waals surface area contributed by atoms with Gasteiger partial charge in [0, 0.05) is 31.1 Å². The molecule has 0 radical (unpaired) electrons. The zero-order valence-electron chi connectivity index (χ0n) is 19.9. The molecule has 35 heavy (non-hydrogen) atoms. The van der Waals surface area contributed by atoms with Gasteiger partial charge in [-0.3, -0.25) is 9.59 Å². The molecular formula is C28H28ClN3O3. The molecule has 0 bridgehead atoms. The largest absolute Gasteiger partial charge is 0.448 e. The fourth-order valence-electron chi connectivity index (χ4n) is 4.73. The van der Waals surface area contributed by atoms with Gasteiger partial charge in [0.05, 0.1) is 12.8 Å². The van der Waals surface area contributed by atoms with E-state index >= 15 is 0 Å². The molecule has 0 aliphatic carbocycles. The lowest BCUT2D eigenvalue weighted by atomic mass is 10.1. The second-order valence-electron chi connectivity index (χ2n) is 9.19. The molecule has 1 saturated heterocycles. The van der Waals surface area contributed by atoms with E-state index in [1.165, 1.54) is 5.56 Å². The Balaban J connectivity index is 1.33. The van der Waals surface area contributed by atoms with E-state index in [2.05, 4.69) is 31.2 Å². The highest BCUT2D eigenvalue weighted by Crippen LogP contribution is 2.27. The summed E-state index contributed by atoms with van der Waals surface area (Å²) in [6.45, 7) is 5.89. The van der Waals surface area contributed by atoms with Gasteiger partial charge < -0.3 is 18.8 Å². The molecule has 1 fully saturated rings. The van der Waals surface area contributed by atoms with E-state index in [-0.39, 0.29) is 17.9 Å². The van der Waals surface area contributed by atoms with Gasteiger partial charge in [-0.05, 0) is 37.1 Å². The fourth-order valence-corrected chi connectivity index (χ4v) is 5.00. The molecular weight excluding hydrogens is 462 g/mol. The molecule has 4 aromatic rings. The minimum atomic E-state index is -0.737. The van der Waals surface area contributed by atoms with E-state index in [1.807, 2.05) is 58.9 Å². The van der Waals surface area contributed by atoms with Crippen molar-refractivity contribution in [3.05, 3.63) is 95.4 Å². The van der Waals surface area contributed by atoms with E-state index in [4.69, 9.17) is 16.0 Å². The van der Waals surface area contributed by atoms with Gasteiger partial charge in [0.2, 0.25) is 11.6 Å². The molecule has 0 spiro atoms. The quantitative estimate of drug-likeness (QED) is 0.360. The number of carbonyl (C=O) groups excluding carboxylic acids is 2. The molecule has 5 rings (SSSR count). The Hall–Kier alpha value is -3.51. The Kier molecular flexibility index (Phi) is 6.39. The zero-order chi connectivity index (χ0) is 24.5. The summed E-state index contributed by atoms with van der Waals surface area (Å²) < 4.78 is 7.67. The van der Waals surface area contributed by atoms with Gasteiger partial charge in [-0.2, -0.15) is 0 Å². The van der Waals surface area contributed by atoms with Crippen LogP contribution in [0.15, 0.2) is 77.4 Å². The number of aryl methyl sites for hydroxylation is 1. The molecule has 1 aliphatic heterocycles. The first kappa shape index (κ1) is 23.2. The van der Waals surface area contributed by atoms with Crippen molar-refractivity contribution in [2.75, 3.05) is 19.6 Å². The van der Waals surface area contributed by atoms with Gasteiger partial charge in [-0.15, -0.1) is 11.6 Å². The van der Waals surface area contributed by atoms with Crippen LogP contribution in [-0.2, 0) is 11.3 Å². The number of amides is 2. The molecule has 6 nitrogen and oxygen atoms in total. The lowest BCUT2D eigenvalue weighted by Gasteiger charge is -2.40. The highest BCUT2D eigenvalue weighted by atomic mass is 35.5. The van der Waals surface area contributed by atoms with Crippen LogP contribution in [0.25, 0.3) is 11.1 Å². The Morgan fingerprint density at radius 1 is 1.06 bits per heavy atom. The molecule has 1 aliphatic rings. The van der Waals surface area contributed by atoms with Crippen LogP contribution in [0.2, 0.25) is 0 Å². The molecule has 0 unspecified atom stereocenters. The van der Waals surface area contributed by atoms with Gasteiger partial charge in [0.15, 0.2) is 0 Å². The van der Waals surface area contributed by atoms with Gasteiger partial charge in [0.25, 0.3) is 5.91 Å². The van der Waals surface area contributed by atoms with Crippen molar-refractivity contribution in [1.29, 1.82) is 0 Å². The van der Waals surface area contributed by atoms with Crippen LogP contribution in [0.5, 0.6) is 0 Å². The van der Waals surface area contributed by atoms with Gasteiger partial charge in [-0.25, -0.2) is 0 Å². The van der Waals surface area contributed by atoms with Gasteiger partial charge >= 0.3 is 0 Å². The number of aromatic nitrogens is 1. The molecule has 2 aromatic carbocycles. The lowest BCUT2D eigenvalue weighted by molar-refractivity contribution is -0.135. The van der Waals surface area contributed by atoms with Crippen LogP contribution in [0, 0.1) is 6.92 Å². The number of alkyl halides is 1. The van der Waals surface area contributed by atoms with Crippen molar-refractivity contribution in [2.45, 2.75) is 31.8 Å². The molecule has 0 N–H and O–H groups in total. The van der Waals surface area contributed by atoms with E-state index in [9.17, 15) is 9.59 Å². The number of hydrogen-bond donors (Lipinski definition) is 0. The van der Waals surface area contributed by atoms with Crippen LogP contribution in [-0.4, -0.2) is 51.9 Å². The first-order valence-corrected chi connectivity index (χ1v) is 12.3. The monoisotopic (exact) mass is 489 g/mol. The summed E-state index contributed by atoms with van der Waals surface area (Å²) in [6.07, 6.45) is 1.65. The standard InChI is InChI=1S/C28H28ClN3O3/c1-19-8-10-21(11-9-19)18-32-24(16-23-12-15-35-28(23)32)26(33)30-13-14-31(20(2)17-30)27(34)25(29)22-6-4-3-5-7-22/h3-12,15-16,20,25H,13-14,17-18H2,1-2H3/t20-,25-/m1/s1. The first-order valence-electron chi connectivity index (χ1n) is 11.8. The van der Waals surface area contributed by atoms with E-state index in [0.29, 0.717) is 37.6 Å². The van der Waals surface area contributed by atoms with Gasteiger partial charge in [-0.1, -0.05) is 60.2 Å². The Morgan fingerprint density at radius 3 is 2.51 bits per heavy atom. The van der Waals surface area contributed by atoms with E-state index < -0.39 is 5.38 Å². The molecule has 2 amide bonds. The average molecular weight is 490 g/mol. The number of fused-ring (bicyclic) bond motifs is 1. The summed E-state index contributed by atoms with van der Waals surface area (Å²) in [7, 11) is 0. The second-order valence-corrected chi connectivity index (χ2v) is 9.62. The van der Waals surface area contributed by atoms with Crippen molar-refractivity contribution in [1.82, 2.24) is 14.4 Å². The van der Waals surface area contributed by atoms with Crippen LogP contribution >= 0.6 is 11.6 Å². The summed E-state index contributed by atoms with van der Waals surface area (Å²) in [6, 6.07) is 21.3. The van der Waals surface area contributed by atoms with Gasteiger partial charge in [0.1, 0.15) is 11.1 Å². The first-order chi connectivity index (χ1) is 16.9. The summed E-state index contributed by atoms with van der Waals surface area (Å²) in [5.74, 6) is -0.189. The number of hydrogen-bond acceptors (Lipinski definition) is 3. The summed E-state index contributed by atoms with van der Waals surface area (Å²) in [4.78, 5) is 30.3. The maximum absolute atomic E-state index is 13.6. The number of halogens is 1. The number of furan rings is 1. The van der Waals surface area contributed by atoms with Crippen molar-refractivity contribution in [3.8, 4) is 0 Å². The van der Waals surface area contributed by atoms with Crippen molar-refractivity contribution in [3.63, 3.8) is 0 Å². The summed E-state index contributed by atoms with van der Waals surface area (Å²) in [5, 5.41) is 0.162. The third kappa shape index (κ3) is 4.58. The minimum Gasteiger partial charge on any atom is -0.448 e. The molecule has 3 heterocycles. The smallest absolute Gasteiger partial charge is 0.270 e. The second kappa shape index (κ2) is 9.62. The van der Waals surface area contributed by atoms with Crippen molar-refractivity contribution in [2.24, 2.45) is 0 Å². The fraction of sp³-hybridized carbons (Fsp3) is 0.286. The van der Waals surface area contributed by atoms with Crippen LogP contribution in [0.3, 0.4) is 0 Å². The number of rotatable bonds is 5. The Bertz CT molecular complexity index is 1340. The molecule has 2 atom stereocenters. The lowest BCUT2D eigenvalue weighted by Crippen LogP contribution is -2.56. The molecule has 180 valence electrons. The average Bonchev–Trinajstić information content (AvgIpc) is 3.47. The summed E-state index contributed by atoms with van der Waals surface area (Å²) in [5.41, 5.74) is 4.33. The highest BCUT2D eigenvalue weighted by molar-refractivity contribution is 6.30. The molecule has 7 heteroatoms. The number of piperazine rings is 1. The maximum Gasteiger partial charge on any atom is 0.270 e. The Labute approximate surface area is 209 Å². The predicted octanol–water partition coefficient (Wildman–Crippen LogP) is 5.24. The number of carbonyl (C=O) groups is 2. The normalized spacial score (nSPS) is 17.1. The molecule has 0 saturated carbocycles. The Morgan fingerprint density at radius 2 is 1.80 bits per heavy atom. The topological polar surface area (TPSA) is 58.7 Å². The predicted molar refractivity (Wildman–Crippen MR) is 137 cm³/mol. The van der Waals surface area contributed by atoms with E-state index in [1.54, 1.807) is 11.2 Å². The maximum atomic E-state index is 13.6. The van der Waals surface area contributed by atoms with Crippen LogP contribution in [0.4, 0.5) is 0 Å². The SMILES string of the molecule is Cc1ccc(Cn2c(C(=O)N3CCN(C(=O)[C@H](Cl)c4ccccc4)[C@H](C)C3)cc3ccoc32)cc1. The number of nitrogens with zero attached hydrogens (tertiary/aromatic N) is 3. The third-order valence-electron chi connectivity index (χ3n) is 6.69. The van der Waals surface area contributed by atoms with Crippen molar-refractivity contribution >= 4 is 34.5 Å². The zero-order valence-corrected chi connectivity index (χ0v) is 20.6. The molecule has 2 aromatic heterocycles. The number of benzene rings is 2. The summed E-state index contributed by atoms with van der Waals surface area (Å²) >= 11 is 6.50. The third-order valence-corrected chi connectivity index (χ3v) is 7.13. The minimum absolute atomic E-state index is 0.0621. The highest BCUT2D eigenvalue weighted by Gasteiger charge is 2.34. The van der Waals surface area contributed by atoms with E-state index in [0.717, 1.165) is 16.5 Å².